The zero-order chi connectivity index (χ0) is 21.8. The number of aromatic nitrogens is 1. The first kappa shape index (κ1) is 22.2. The predicted molar refractivity (Wildman–Crippen MR) is 127 cm³/mol. The molecule has 7 heteroatoms. The highest BCUT2D eigenvalue weighted by molar-refractivity contribution is 7.80. The van der Waals surface area contributed by atoms with Gasteiger partial charge in [0.2, 0.25) is 11.8 Å². The first-order valence-electron chi connectivity index (χ1n) is 10.1. The number of halogens is 1. The Morgan fingerprint density at radius 3 is 2.67 bits per heavy atom. The van der Waals surface area contributed by atoms with Crippen molar-refractivity contribution < 1.29 is 9.21 Å². The van der Waals surface area contributed by atoms with Crippen LogP contribution in [0.5, 0.6) is 0 Å². The van der Waals surface area contributed by atoms with Crippen LogP contribution in [-0.2, 0) is 4.79 Å². The van der Waals surface area contributed by atoms with Crippen LogP contribution in [0.2, 0.25) is 5.02 Å². The van der Waals surface area contributed by atoms with Crippen molar-refractivity contribution in [1.29, 1.82) is 0 Å². The molecular formula is C23H26ClN3O2S. The van der Waals surface area contributed by atoms with Gasteiger partial charge in [-0.25, -0.2) is 4.98 Å². The molecule has 0 aliphatic heterocycles. The van der Waals surface area contributed by atoms with Gasteiger partial charge in [-0.3, -0.25) is 4.79 Å². The summed E-state index contributed by atoms with van der Waals surface area (Å²) in [4.78, 5) is 16.6. The molecule has 0 radical (unpaired) electrons. The molecule has 0 spiro atoms. The van der Waals surface area contributed by atoms with Crippen molar-refractivity contribution in [1.82, 2.24) is 10.3 Å². The summed E-state index contributed by atoms with van der Waals surface area (Å²) in [5, 5.41) is 6.35. The molecule has 2 N–H and O–H groups in total. The van der Waals surface area contributed by atoms with E-state index in [-0.39, 0.29) is 16.9 Å². The van der Waals surface area contributed by atoms with Crippen molar-refractivity contribution in [3.63, 3.8) is 0 Å². The van der Waals surface area contributed by atoms with E-state index in [0.717, 1.165) is 23.1 Å². The number of nitrogens with one attached hydrogen (secondary N) is 2. The number of oxazole rings is 1. The van der Waals surface area contributed by atoms with E-state index in [9.17, 15) is 4.79 Å². The van der Waals surface area contributed by atoms with E-state index in [1.54, 1.807) is 6.07 Å². The molecule has 0 saturated heterocycles. The van der Waals surface area contributed by atoms with Gasteiger partial charge < -0.3 is 15.1 Å². The van der Waals surface area contributed by atoms with E-state index in [1.165, 1.54) is 5.56 Å². The minimum absolute atomic E-state index is 0.133. The third-order valence-corrected chi connectivity index (χ3v) is 5.43. The summed E-state index contributed by atoms with van der Waals surface area (Å²) in [5.41, 5.74) is 4.14. The number of amides is 1. The molecule has 0 aliphatic carbocycles. The predicted octanol–water partition coefficient (Wildman–Crippen LogP) is 6.52. The van der Waals surface area contributed by atoms with Crippen LogP contribution in [0.4, 0.5) is 5.69 Å². The number of hydrogen-bond acceptors (Lipinski definition) is 4. The Morgan fingerprint density at radius 2 is 1.97 bits per heavy atom. The Bertz CT molecular complexity index is 1080. The Balaban J connectivity index is 1.82. The number of thiocarbonyl (C=S) groups is 1. The van der Waals surface area contributed by atoms with Crippen LogP contribution >= 0.6 is 23.8 Å². The summed E-state index contributed by atoms with van der Waals surface area (Å²) in [6, 6.07) is 11.5. The number of hydrogen-bond donors (Lipinski definition) is 2. The summed E-state index contributed by atoms with van der Waals surface area (Å²) >= 11 is 11.6. The van der Waals surface area contributed by atoms with E-state index >= 15 is 0 Å². The number of carbonyl (C=O) groups is 1. The number of carbonyl (C=O) groups excluding carboxylic acids is 1. The second-order valence-electron chi connectivity index (χ2n) is 7.85. The monoisotopic (exact) mass is 443 g/mol. The topological polar surface area (TPSA) is 67.2 Å². The Kier molecular flexibility index (Phi) is 7.10. The fourth-order valence-corrected chi connectivity index (χ4v) is 3.45. The Labute approximate surface area is 187 Å². The fraction of sp³-hybridized carbons (Fsp3) is 0.348. The molecule has 0 aliphatic rings. The summed E-state index contributed by atoms with van der Waals surface area (Å²) in [7, 11) is 0. The lowest BCUT2D eigenvalue weighted by atomic mass is 9.98. The number of benzene rings is 2. The number of fused-ring (bicyclic) bond motifs is 1. The third-order valence-electron chi connectivity index (χ3n) is 4.90. The van der Waals surface area contributed by atoms with Crippen LogP contribution in [0.1, 0.15) is 52.0 Å². The smallest absolute Gasteiger partial charge is 0.227 e. The molecule has 0 fully saturated rings. The molecule has 0 bridgehead atoms. The van der Waals surface area contributed by atoms with Gasteiger partial charge in [0.25, 0.3) is 0 Å². The second kappa shape index (κ2) is 9.58. The summed E-state index contributed by atoms with van der Waals surface area (Å²) in [6.45, 7) is 8.31. The maximum absolute atomic E-state index is 11.9. The van der Waals surface area contributed by atoms with E-state index in [4.69, 9.17) is 28.2 Å². The van der Waals surface area contributed by atoms with E-state index in [1.807, 2.05) is 32.0 Å². The molecular weight excluding hydrogens is 418 g/mol. The van der Waals surface area contributed by atoms with Gasteiger partial charge in [-0.1, -0.05) is 45.4 Å². The molecule has 158 valence electrons. The lowest BCUT2D eigenvalue weighted by Crippen LogP contribution is -2.34. The van der Waals surface area contributed by atoms with Gasteiger partial charge in [0.05, 0.1) is 10.7 Å². The molecule has 1 unspecified atom stereocenters. The maximum Gasteiger partial charge on any atom is 0.227 e. The molecule has 1 atom stereocenters. The minimum atomic E-state index is -0.133. The van der Waals surface area contributed by atoms with E-state index < -0.39 is 0 Å². The van der Waals surface area contributed by atoms with Crippen LogP contribution < -0.4 is 10.6 Å². The van der Waals surface area contributed by atoms with E-state index in [0.29, 0.717) is 28.9 Å². The van der Waals surface area contributed by atoms with Gasteiger partial charge in [0.15, 0.2) is 10.7 Å². The summed E-state index contributed by atoms with van der Waals surface area (Å²) in [6.07, 6.45) is 1.47. The normalized spacial score (nSPS) is 12.2. The molecule has 1 aromatic heterocycles. The van der Waals surface area contributed by atoms with Gasteiger partial charge in [-0.2, -0.15) is 0 Å². The lowest BCUT2D eigenvalue weighted by Gasteiger charge is -2.12. The largest absolute Gasteiger partial charge is 0.436 e. The zero-order valence-corrected chi connectivity index (χ0v) is 19.2. The zero-order valence-electron chi connectivity index (χ0n) is 17.6. The molecule has 5 nitrogen and oxygen atoms in total. The molecule has 30 heavy (non-hydrogen) atoms. The van der Waals surface area contributed by atoms with Crippen molar-refractivity contribution in [3.05, 3.63) is 47.0 Å². The second-order valence-corrected chi connectivity index (χ2v) is 8.67. The first-order chi connectivity index (χ1) is 14.3. The van der Waals surface area contributed by atoms with E-state index in [2.05, 4.69) is 41.6 Å². The Hall–Kier alpha value is -2.44. The number of rotatable bonds is 6. The average Bonchev–Trinajstić information content (AvgIpc) is 3.11. The number of anilines is 1. The standard InChI is InChI=1S/C23H26ClN3O2S/c1-5-14(4)15-7-9-20-19(11-15)25-22(29-20)16-6-8-17(24)18(12-16)26-23(30)27-21(28)10-13(2)3/h6-9,11-14H,5,10H2,1-4H3,(H2,26,27,28,30). The number of nitrogens with zero attached hydrogens (tertiary/aromatic N) is 1. The molecule has 3 rings (SSSR count). The quantitative estimate of drug-likeness (QED) is 0.424. The summed E-state index contributed by atoms with van der Waals surface area (Å²) in [5.74, 6) is 1.08. The highest BCUT2D eigenvalue weighted by Gasteiger charge is 2.14. The molecule has 2 aromatic carbocycles. The van der Waals surface area contributed by atoms with Crippen LogP contribution in [0.3, 0.4) is 0 Å². The van der Waals surface area contributed by atoms with Crippen LogP contribution in [-0.4, -0.2) is 16.0 Å². The summed E-state index contributed by atoms with van der Waals surface area (Å²) < 4.78 is 5.95. The van der Waals surface area contributed by atoms with Crippen molar-refractivity contribution >= 4 is 51.6 Å². The van der Waals surface area contributed by atoms with Crippen molar-refractivity contribution in [2.24, 2.45) is 5.92 Å². The van der Waals surface area contributed by atoms with Crippen LogP contribution in [0.15, 0.2) is 40.8 Å². The SMILES string of the molecule is CCC(C)c1ccc2oc(-c3ccc(Cl)c(NC(=S)NC(=O)CC(C)C)c3)nc2c1. The molecule has 3 aromatic rings. The van der Waals surface area contributed by atoms with Crippen LogP contribution in [0.25, 0.3) is 22.6 Å². The van der Waals surface area contributed by atoms with Gasteiger partial charge >= 0.3 is 0 Å². The van der Waals surface area contributed by atoms with Crippen LogP contribution in [0, 0.1) is 5.92 Å². The van der Waals surface area contributed by atoms with Gasteiger partial charge in [0.1, 0.15) is 5.52 Å². The first-order valence-corrected chi connectivity index (χ1v) is 10.9. The molecule has 1 amide bonds. The van der Waals surface area contributed by atoms with Crippen molar-refractivity contribution in [2.45, 2.75) is 46.5 Å². The van der Waals surface area contributed by atoms with Crippen molar-refractivity contribution in [3.8, 4) is 11.5 Å². The molecule has 0 saturated carbocycles. The highest BCUT2D eigenvalue weighted by Crippen LogP contribution is 2.31. The average molecular weight is 444 g/mol. The fourth-order valence-electron chi connectivity index (χ4n) is 3.07. The van der Waals surface area contributed by atoms with Gasteiger partial charge in [0, 0.05) is 12.0 Å². The highest BCUT2D eigenvalue weighted by atomic mass is 35.5. The minimum Gasteiger partial charge on any atom is -0.436 e. The maximum atomic E-state index is 11.9. The van der Waals surface area contributed by atoms with Crippen molar-refractivity contribution in [2.75, 3.05) is 5.32 Å². The third kappa shape index (κ3) is 5.37. The van der Waals surface area contributed by atoms with Gasteiger partial charge in [-0.15, -0.1) is 0 Å². The Morgan fingerprint density at radius 1 is 1.20 bits per heavy atom. The van der Waals surface area contributed by atoms with Gasteiger partial charge in [-0.05, 0) is 66.4 Å². The molecule has 1 heterocycles. The lowest BCUT2D eigenvalue weighted by molar-refractivity contribution is -0.120.